The molecule has 0 radical (unpaired) electrons. The molecule has 0 unspecified atom stereocenters. The summed E-state index contributed by atoms with van der Waals surface area (Å²) in [5.41, 5.74) is 8.37. The molecule has 0 spiro atoms. The minimum atomic E-state index is 0.425. The lowest BCUT2D eigenvalue weighted by atomic mass is 10.1. The summed E-state index contributed by atoms with van der Waals surface area (Å²) in [7, 11) is 1.63. The molecule has 49 heavy (non-hydrogen) atoms. The van der Waals surface area contributed by atoms with Crippen LogP contribution in [0.5, 0.6) is 5.88 Å². The summed E-state index contributed by atoms with van der Waals surface area (Å²) in [5.74, 6) is 6.56. The fourth-order valence-electron chi connectivity index (χ4n) is 4.33. The van der Waals surface area contributed by atoms with Gasteiger partial charge in [-0.25, -0.2) is 24.9 Å². The molecular weight excluding hydrogens is 605 g/mol. The average molecular weight is 671 g/mol. The van der Waals surface area contributed by atoms with Gasteiger partial charge in [-0.1, -0.05) is 69.2 Å². The molecule has 7 nitrogen and oxygen atoms in total. The Labute approximate surface area is 299 Å². The van der Waals surface area contributed by atoms with Gasteiger partial charge in [0.2, 0.25) is 5.88 Å². The molecule has 0 saturated heterocycles. The Hall–Kier alpha value is -3.74. The first-order valence-electron chi connectivity index (χ1n) is 18.0. The number of ether oxygens (including phenoxy) is 1. The number of rotatable bonds is 6. The van der Waals surface area contributed by atoms with Crippen molar-refractivity contribution >= 4 is 0 Å². The van der Waals surface area contributed by atoms with Crippen LogP contribution in [-0.2, 0) is 0 Å². The molecule has 4 aromatic heterocycles. The molecule has 1 aliphatic rings. The Balaban J connectivity index is 0.000000310. The molecule has 4 heterocycles. The van der Waals surface area contributed by atoms with E-state index in [9.17, 15) is 0 Å². The summed E-state index contributed by atoms with van der Waals surface area (Å²) < 4.78 is 4.99. The molecule has 0 aromatic carbocycles. The van der Waals surface area contributed by atoms with Crippen molar-refractivity contribution in [2.45, 2.75) is 140 Å². The van der Waals surface area contributed by atoms with Gasteiger partial charge in [0.25, 0.3) is 0 Å². The number of methoxy groups -OCH3 is 1. The topological polar surface area (TPSA) is 86.6 Å². The molecule has 1 aliphatic carbocycles. The van der Waals surface area contributed by atoms with Gasteiger partial charge in [0.05, 0.1) is 7.11 Å². The lowest BCUT2D eigenvalue weighted by Crippen LogP contribution is -2.00. The van der Waals surface area contributed by atoms with Crippen molar-refractivity contribution in [2.75, 3.05) is 7.11 Å². The molecular formula is C42H66N6O. The Bertz CT molecular complexity index is 1470. The third-order valence-corrected chi connectivity index (χ3v) is 8.17. The maximum atomic E-state index is 4.99. The normalized spacial score (nSPS) is 11.9. The largest absolute Gasteiger partial charge is 0.481 e. The lowest BCUT2D eigenvalue weighted by molar-refractivity contribution is 0.397. The number of aromatic nitrogens is 6. The van der Waals surface area contributed by atoms with E-state index in [1.54, 1.807) is 13.3 Å². The van der Waals surface area contributed by atoms with E-state index in [2.05, 4.69) is 119 Å². The predicted molar refractivity (Wildman–Crippen MR) is 207 cm³/mol. The zero-order valence-corrected chi connectivity index (χ0v) is 33.6. The zero-order chi connectivity index (χ0) is 37.3. The summed E-state index contributed by atoms with van der Waals surface area (Å²) >= 11 is 0. The molecule has 0 bridgehead atoms. The SMILES string of the molecule is CC(C)C1CC1.COc1cc(C(C)C)ccn1.Cc1cc(C)nc(C(C)C)n1.Cc1cnc(C(C)C)cc1C.Cc1ncc(C(C)C)cn1. The van der Waals surface area contributed by atoms with Gasteiger partial charge in [0.15, 0.2) is 0 Å². The Morgan fingerprint density at radius 3 is 1.53 bits per heavy atom. The third-order valence-electron chi connectivity index (χ3n) is 8.17. The summed E-state index contributed by atoms with van der Waals surface area (Å²) in [6, 6.07) is 8.13. The predicted octanol–water partition coefficient (Wildman–Crippen LogP) is 11.2. The standard InChI is InChI=1S/C10H15N.C9H14N2.C9H13NO.C8H12N2.C6H12/c1-7(2)10-5-8(3)9(4)6-11-10;1-6(2)9-10-7(3)5-8(4)11-9;1-7(2)8-4-5-10-9(6-8)11-3;1-6(2)8-4-9-7(3)10-5-8;1-5(2)6-3-4-6/h5-7H,1-4H3;5-6H,1-4H3;4-7H,1-3H3;4-6H,1-3H3;5-6H,3-4H2,1-2H3. The smallest absolute Gasteiger partial charge is 0.213 e. The number of pyridine rings is 2. The van der Waals surface area contributed by atoms with E-state index in [0.717, 1.165) is 34.9 Å². The van der Waals surface area contributed by atoms with E-state index in [-0.39, 0.29) is 0 Å². The van der Waals surface area contributed by atoms with E-state index in [0.29, 0.717) is 29.6 Å². The van der Waals surface area contributed by atoms with Gasteiger partial charge >= 0.3 is 0 Å². The molecule has 0 N–H and O–H groups in total. The Kier molecular flexibility index (Phi) is 19.5. The lowest BCUT2D eigenvalue weighted by Gasteiger charge is -2.06. The fourth-order valence-corrected chi connectivity index (χ4v) is 4.33. The number of hydrogen-bond donors (Lipinski definition) is 0. The first-order valence-corrected chi connectivity index (χ1v) is 18.0. The van der Waals surface area contributed by atoms with Crippen molar-refractivity contribution in [3.05, 3.63) is 100 Å². The molecule has 1 saturated carbocycles. The highest BCUT2D eigenvalue weighted by atomic mass is 16.5. The summed E-state index contributed by atoms with van der Waals surface area (Å²) in [6.45, 7) is 31.8. The summed E-state index contributed by atoms with van der Waals surface area (Å²) in [5, 5.41) is 0. The van der Waals surface area contributed by atoms with E-state index in [1.165, 1.54) is 40.8 Å². The van der Waals surface area contributed by atoms with Gasteiger partial charge in [-0.05, 0) is 118 Å². The second-order valence-electron chi connectivity index (χ2n) is 14.6. The molecule has 5 rings (SSSR count). The van der Waals surface area contributed by atoms with Gasteiger partial charge in [-0.2, -0.15) is 0 Å². The van der Waals surface area contributed by atoms with Crippen molar-refractivity contribution < 1.29 is 4.74 Å². The van der Waals surface area contributed by atoms with Crippen LogP contribution in [-0.4, -0.2) is 37.0 Å². The van der Waals surface area contributed by atoms with Crippen LogP contribution in [0.25, 0.3) is 0 Å². The van der Waals surface area contributed by atoms with E-state index >= 15 is 0 Å². The molecule has 270 valence electrons. The van der Waals surface area contributed by atoms with Crippen molar-refractivity contribution in [1.82, 2.24) is 29.9 Å². The number of hydrogen-bond acceptors (Lipinski definition) is 7. The quantitative estimate of drug-likeness (QED) is 0.202. The van der Waals surface area contributed by atoms with Crippen molar-refractivity contribution in [3.8, 4) is 5.88 Å². The number of aryl methyl sites for hydroxylation is 5. The Morgan fingerprint density at radius 2 is 1.14 bits per heavy atom. The van der Waals surface area contributed by atoms with Crippen LogP contribution in [0.2, 0.25) is 0 Å². The van der Waals surface area contributed by atoms with Crippen LogP contribution in [0.3, 0.4) is 0 Å². The van der Waals surface area contributed by atoms with Crippen LogP contribution in [0, 0.1) is 46.5 Å². The molecule has 0 atom stereocenters. The molecule has 0 aliphatic heterocycles. The maximum Gasteiger partial charge on any atom is 0.213 e. The van der Waals surface area contributed by atoms with Crippen molar-refractivity contribution in [2.24, 2.45) is 11.8 Å². The van der Waals surface area contributed by atoms with Crippen LogP contribution in [0.4, 0.5) is 0 Å². The highest BCUT2D eigenvalue weighted by molar-refractivity contribution is 5.25. The second kappa shape index (κ2) is 22.1. The third kappa shape index (κ3) is 18.0. The van der Waals surface area contributed by atoms with Gasteiger partial charge in [0.1, 0.15) is 11.6 Å². The monoisotopic (exact) mass is 671 g/mol. The van der Waals surface area contributed by atoms with Gasteiger partial charge in [-0.3, -0.25) is 4.98 Å². The van der Waals surface area contributed by atoms with Gasteiger partial charge in [-0.15, -0.1) is 0 Å². The average Bonchev–Trinajstić information content (AvgIpc) is 3.90. The van der Waals surface area contributed by atoms with E-state index in [1.807, 2.05) is 57.6 Å². The van der Waals surface area contributed by atoms with Crippen LogP contribution in [0.1, 0.15) is 157 Å². The summed E-state index contributed by atoms with van der Waals surface area (Å²) in [4.78, 5) is 25.2. The van der Waals surface area contributed by atoms with Crippen LogP contribution in [0.15, 0.2) is 49.1 Å². The summed E-state index contributed by atoms with van der Waals surface area (Å²) in [6.07, 6.45) is 10.5. The number of nitrogens with zero attached hydrogens (tertiary/aromatic N) is 6. The molecule has 4 aromatic rings. The van der Waals surface area contributed by atoms with Gasteiger partial charge < -0.3 is 4.74 Å². The first-order chi connectivity index (χ1) is 22.9. The minimum Gasteiger partial charge on any atom is -0.481 e. The van der Waals surface area contributed by atoms with Crippen LogP contribution < -0.4 is 4.74 Å². The molecule has 1 fully saturated rings. The van der Waals surface area contributed by atoms with Crippen molar-refractivity contribution in [1.29, 1.82) is 0 Å². The van der Waals surface area contributed by atoms with Crippen LogP contribution >= 0.6 is 0 Å². The van der Waals surface area contributed by atoms with Crippen molar-refractivity contribution in [3.63, 3.8) is 0 Å². The fraction of sp³-hybridized carbons (Fsp3) is 0.571. The molecule has 0 amide bonds. The van der Waals surface area contributed by atoms with Gasteiger partial charge in [0, 0.05) is 53.9 Å². The van der Waals surface area contributed by atoms with E-state index < -0.39 is 0 Å². The molecule has 7 heteroatoms. The minimum absolute atomic E-state index is 0.425. The highest BCUT2D eigenvalue weighted by Crippen LogP contribution is 2.35. The maximum absolute atomic E-state index is 4.99. The first kappa shape index (κ1) is 43.3. The second-order valence-corrected chi connectivity index (χ2v) is 14.6. The Morgan fingerprint density at radius 1 is 0.592 bits per heavy atom. The highest BCUT2D eigenvalue weighted by Gasteiger charge is 2.24. The zero-order valence-electron chi connectivity index (χ0n) is 33.6. The van der Waals surface area contributed by atoms with E-state index in [4.69, 9.17) is 4.74 Å².